The second-order valence-electron chi connectivity index (χ2n) is 3.68. The van der Waals surface area contributed by atoms with E-state index in [0.29, 0.717) is 0 Å². The van der Waals surface area contributed by atoms with E-state index in [4.69, 9.17) is 4.18 Å². The molecule has 0 saturated heterocycles. The van der Waals surface area contributed by atoms with Gasteiger partial charge in [-0.3, -0.25) is 4.18 Å². The Morgan fingerprint density at radius 3 is 2.29 bits per heavy atom. The van der Waals surface area contributed by atoms with Crippen LogP contribution in [0.5, 0.6) is 0 Å². The van der Waals surface area contributed by atoms with Crippen molar-refractivity contribution < 1.29 is 12.6 Å². The van der Waals surface area contributed by atoms with Crippen LogP contribution in [0.4, 0.5) is 0 Å². The molecule has 0 amide bonds. The van der Waals surface area contributed by atoms with Crippen molar-refractivity contribution in [3.05, 3.63) is 12.7 Å². The average molecular weight is 218 g/mol. The highest BCUT2D eigenvalue weighted by atomic mass is 32.2. The van der Waals surface area contributed by atoms with E-state index in [-0.39, 0.29) is 11.9 Å². The minimum atomic E-state index is -3.34. The number of hydrogen-bond donors (Lipinski definition) is 0. The van der Waals surface area contributed by atoms with Crippen LogP contribution in [-0.4, -0.2) is 20.3 Å². The first-order valence-corrected chi connectivity index (χ1v) is 6.63. The topological polar surface area (TPSA) is 43.4 Å². The predicted octanol–water partition coefficient (Wildman–Crippen LogP) is 2.24. The third-order valence-corrected chi connectivity index (χ3v) is 4.31. The van der Waals surface area contributed by atoms with Crippen LogP contribution in [0.3, 0.4) is 0 Å². The summed E-state index contributed by atoms with van der Waals surface area (Å²) < 4.78 is 28.1. The Hall–Kier alpha value is -0.350. The molecule has 0 spiro atoms. The standard InChI is InChI=1S/C10H18O3S/c1-2-9-13-14(11,12)10-7-5-3-4-6-8-10/h2,10H,1,3-9H2. The van der Waals surface area contributed by atoms with Crippen molar-refractivity contribution in [1.82, 2.24) is 0 Å². The van der Waals surface area contributed by atoms with Gasteiger partial charge in [0.05, 0.1) is 11.9 Å². The zero-order valence-electron chi connectivity index (χ0n) is 8.44. The van der Waals surface area contributed by atoms with Crippen LogP contribution in [0.15, 0.2) is 12.7 Å². The van der Waals surface area contributed by atoms with Crippen LogP contribution in [0, 0.1) is 0 Å². The molecule has 1 fully saturated rings. The summed E-state index contributed by atoms with van der Waals surface area (Å²) in [5.41, 5.74) is 0. The lowest BCUT2D eigenvalue weighted by Gasteiger charge is -2.13. The highest BCUT2D eigenvalue weighted by Crippen LogP contribution is 2.23. The van der Waals surface area contributed by atoms with Gasteiger partial charge in [-0.2, -0.15) is 8.42 Å². The lowest BCUT2D eigenvalue weighted by molar-refractivity contribution is 0.345. The highest BCUT2D eigenvalue weighted by Gasteiger charge is 2.26. The lowest BCUT2D eigenvalue weighted by Crippen LogP contribution is -2.23. The molecule has 0 radical (unpaired) electrons. The molecule has 0 N–H and O–H groups in total. The fraction of sp³-hybridized carbons (Fsp3) is 0.800. The van der Waals surface area contributed by atoms with E-state index in [0.717, 1.165) is 38.5 Å². The maximum absolute atomic E-state index is 11.6. The van der Waals surface area contributed by atoms with Gasteiger partial charge in [-0.15, -0.1) is 6.58 Å². The second kappa shape index (κ2) is 5.51. The predicted molar refractivity (Wildman–Crippen MR) is 56.6 cm³/mol. The fourth-order valence-electron chi connectivity index (χ4n) is 1.77. The van der Waals surface area contributed by atoms with E-state index < -0.39 is 10.1 Å². The van der Waals surface area contributed by atoms with Gasteiger partial charge in [0, 0.05) is 0 Å². The summed E-state index contributed by atoms with van der Waals surface area (Å²) in [5, 5.41) is -0.287. The van der Waals surface area contributed by atoms with E-state index in [9.17, 15) is 8.42 Å². The summed E-state index contributed by atoms with van der Waals surface area (Å²) >= 11 is 0. The molecule has 0 aromatic rings. The Kier molecular flexibility index (Phi) is 4.62. The maximum atomic E-state index is 11.6. The Morgan fingerprint density at radius 2 is 1.79 bits per heavy atom. The van der Waals surface area contributed by atoms with Crippen molar-refractivity contribution in [2.75, 3.05) is 6.61 Å². The maximum Gasteiger partial charge on any atom is 0.270 e. The summed E-state index contributed by atoms with van der Waals surface area (Å²) in [7, 11) is -3.34. The highest BCUT2D eigenvalue weighted by molar-refractivity contribution is 7.87. The molecule has 1 aliphatic carbocycles. The van der Waals surface area contributed by atoms with Gasteiger partial charge in [0.25, 0.3) is 10.1 Å². The Balaban J connectivity index is 2.55. The monoisotopic (exact) mass is 218 g/mol. The Labute approximate surface area is 86.3 Å². The van der Waals surface area contributed by atoms with Crippen LogP contribution in [0.1, 0.15) is 38.5 Å². The molecule has 0 heterocycles. The molecule has 0 aromatic heterocycles. The van der Waals surface area contributed by atoms with Crippen molar-refractivity contribution in [2.45, 2.75) is 43.8 Å². The quantitative estimate of drug-likeness (QED) is 0.413. The molecule has 0 unspecified atom stereocenters. The molecular weight excluding hydrogens is 200 g/mol. The van der Waals surface area contributed by atoms with Gasteiger partial charge >= 0.3 is 0 Å². The normalized spacial score (nSPS) is 20.3. The zero-order valence-corrected chi connectivity index (χ0v) is 9.26. The number of hydrogen-bond acceptors (Lipinski definition) is 3. The molecule has 1 saturated carbocycles. The first-order valence-electron chi connectivity index (χ1n) is 5.16. The minimum absolute atomic E-state index is 0.0961. The Bertz CT molecular complexity index is 261. The summed E-state index contributed by atoms with van der Waals surface area (Å²) in [6.45, 7) is 3.53. The average Bonchev–Trinajstić information content (AvgIpc) is 2.43. The van der Waals surface area contributed by atoms with Gasteiger partial charge in [0.2, 0.25) is 0 Å². The van der Waals surface area contributed by atoms with Crippen molar-refractivity contribution >= 4 is 10.1 Å². The Morgan fingerprint density at radius 1 is 1.21 bits per heavy atom. The van der Waals surface area contributed by atoms with Gasteiger partial charge < -0.3 is 0 Å². The lowest BCUT2D eigenvalue weighted by atomic mass is 10.2. The van der Waals surface area contributed by atoms with Gasteiger partial charge in [0.1, 0.15) is 0 Å². The molecule has 3 nitrogen and oxygen atoms in total. The van der Waals surface area contributed by atoms with E-state index in [1.165, 1.54) is 6.08 Å². The largest absolute Gasteiger partial charge is 0.270 e. The van der Waals surface area contributed by atoms with Gasteiger partial charge in [0.15, 0.2) is 0 Å². The molecular formula is C10H18O3S. The summed E-state index contributed by atoms with van der Waals surface area (Å²) in [6, 6.07) is 0. The van der Waals surface area contributed by atoms with Crippen LogP contribution in [0.2, 0.25) is 0 Å². The minimum Gasteiger partial charge on any atom is -0.266 e. The van der Waals surface area contributed by atoms with Gasteiger partial charge in [-0.05, 0) is 12.8 Å². The van der Waals surface area contributed by atoms with Crippen LogP contribution in [-0.2, 0) is 14.3 Å². The van der Waals surface area contributed by atoms with Gasteiger partial charge in [-0.25, -0.2) is 0 Å². The van der Waals surface area contributed by atoms with Crippen LogP contribution in [0.25, 0.3) is 0 Å². The van der Waals surface area contributed by atoms with E-state index in [1.807, 2.05) is 0 Å². The molecule has 0 atom stereocenters. The molecule has 0 aliphatic heterocycles. The smallest absolute Gasteiger partial charge is 0.266 e. The summed E-state index contributed by atoms with van der Waals surface area (Å²) in [6.07, 6.45) is 7.26. The van der Waals surface area contributed by atoms with Crippen molar-refractivity contribution in [1.29, 1.82) is 0 Å². The third kappa shape index (κ3) is 3.42. The van der Waals surface area contributed by atoms with Gasteiger partial charge in [-0.1, -0.05) is 31.8 Å². The van der Waals surface area contributed by atoms with E-state index >= 15 is 0 Å². The molecule has 1 aliphatic rings. The van der Waals surface area contributed by atoms with Crippen molar-refractivity contribution in [3.63, 3.8) is 0 Å². The SMILES string of the molecule is C=CCOS(=O)(=O)C1CCCCCC1. The summed E-state index contributed by atoms with van der Waals surface area (Å²) in [5.74, 6) is 0. The summed E-state index contributed by atoms with van der Waals surface area (Å²) in [4.78, 5) is 0. The first kappa shape index (κ1) is 11.7. The molecule has 14 heavy (non-hydrogen) atoms. The van der Waals surface area contributed by atoms with Crippen LogP contribution < -0.4 is 0 Å². The molecule has 0 aromatic carbocycles. The molecule has 4 heteroatoms. The first-order chi connectivity index (χ1) is 6.67. The fourth-order valence-corrected chi connectivity index (χ4v) is 3.16. The molecule has 1 rings (SSSR count). The third-order valence-electron chi connectivity index (χ3n) is 2.56. The second-order valence-corrected chi connectivity index (χ2v) is 5.57. The van der Waals surface area contributed by atoms with Crippen molar-refractivity contribution in [2.24, 2.45) is 0 Å². The molecule has 0 bridgehead atoms. The molecule has 82 valence electrons. The zero-order chi connectivity index (χ0) is 10.4. The van der Waals surface area contributed by atoms with E-state index in [2.05, 4.69) is 6.58 Å². The van der Waals surface area contributed by atoms with Crippen LogP contribution >= 0.6 is 0 Å². The number of rotatable bonds is 4. The van der Waals surface area contributed by atoms with E-state index in [1.54, 1.807) is 0 Å². The van der Waals surface area contributed by atoms with Crippen molar-refractivity contribution in [3.8, 4) is 0 Å².